The Bertz CT molecular complexity index is 284. The van der Waals surface area contributed by atoms with Crippen LogP contribution in [0.4, 0.5) is 10.1 Å². The Balaban J connectivity index is 2.86. The highest BCUT2D eigenvalue weighted by atomic mass is 19.1. The van der Waals surface area contributed by atoms with Gasteiger partial charge in [-0.2, -0.15) is 0 Å². The maximum absolute atomic E-state index is 13.0. The van der Waals surface area contributed by atoms with Gasteiger partial charge in [-0.3, -0.25) is 0 Å². The van der Waals surface area contributed by atoms with E-state index in [2.05, 4.69) is 5.32 Å². The molecule has 72 valence electrons. The summed E-state index contributed by atoms with van der Waals surface area (Å²) < 4.78 is 13.0. The van der Waals surface area contributed by atoms with Crippen LogP contribution in [0.25, 0.3) is 0 Å². The smallest absolute Gasteiger partial charge is 0.127 e. The molecule has 3 heteroatoms. The molecule has 1 aromatic carbocycles. The molecule has 0 saturated carbocycles. The summed E-state index contributed by atoms with van der Waals surface area (Å²) in [5.41, 5.74) is 6.84. The molecule has 0 saturated heterocycles. The number of halogens is 1. The van der Waals surface area contributed by atoms with Crippen molar-refractivity contribution in [2.45, 2.75) is 26.4 Å². The predicted octanol–water partition coefficient (Wildman–Crippen LogP) is 2.10. The van der Waals surface area contributed by atoms with Crippen LogP contribution in [-0.4, -0.2) is 6.04 Å². The van der Waals surface area contributed by atoms with E-state index in [1.54, 1.807) is 12.1 Å². The van der Waals surface area contributed by atoms with E-state index in [4.69, 9.17) is 5.73 Å². The Morgan fingerprint density at radius 2 is 2.15 bits per heavy atom. The minimum atomic E-state index is -0.239. The Morgan fingerprint density at radius 3 is 2.69 bits per heavy atom. The fourth-order valence-corrected chi connectivity index (χ4v) is 1.15. The van der Waals surface area contributed by atoms with Crippen LogP contribution in [-0.2, 0) is 6.54 Å². The molecule has 0 unspecified atom stereocenters. The van der Waals surface area contributed by atoms with Gasteiger partial charge < -0.3 is 11.1 Å². The highest BCUT2D eigenvalue weighted by molar-refractivity contribution is 5.46. The third-order valence-corrected chi connectivity index (χ3v) is 1.72. The second-order valence-corrected chi connectivity index (χ2v) is 3.31. The number of anilines is 1. The zero-order valence-corrected chi connectivity index (χ0v) is 7.97. The molecular formula is C10H15FN2. The van der Waals surface area contributed by atoms with E-state index in [9.17, 15) is 4.39 Å². The lowest BCUT2D eigenvalue weighted by Gasteiger charge is -2.11. The zero-order valence-electron chi connectivity index (χ0n) is 7.97. The molecule has 1 rings (SSSR count). The molecule has 0 fully saturated rings. The second kappa shape index (κ2) is 4.23. The average Bonchev–Trinajstić information content (AvgIpc) is 2.07. The molecule has 0 amide bonds. The molecule has 0 aliphatic heterocycles. The van der Waals surface area contributed by atoms with Gasteiger partial charge in [0.1, 0.15) is 5.82 Å². The van der Waals surface area contributed by atoms with Crippen molar-refractivity contribution in [3.8, 4) is 0 Å². The molecule has 2 nitrogen and oxygen atoms in total. The summed E-state index contributed by atoms with van der Waals surface area (Å²) in [6.07, 6.45) is 0. The first-order valence-electron chi connectivity index (χ1n) is 4.38. The Morgan fingerprint density at radius 1 is 1.46 bits per heavy atom. The predicted molar refractivity (Wildman–Crippen MR) is 53.1 cm³/mol. The summed E-state index contributed by atoms with van der Waals surface area (Å²) >= 11 is 0. The summed E-state index contributed by atoms with van der Waals surface area (Å²) in [6.45, 7) is 4.30. The van der Waals surface area contributed by atoms with E-state index in [1.807, 2.05) is 13.8 Å². The van der Waals surface area contributed by atoms with Gasteiger partial charge in [0.25, 0.3) is 0 Å². The van der Waals surface area contributed by atoms with Gasteiger partial charge in [-0.1, -0.05) is 0 Å². The van der Waals surface area contributed by atoms with Crippen LogP contribution in [0.15, 0.2) is 18.2 Å². The van der Waals surface area contributed by atoms with Crippen molar-refractivity contribution < 1.29 is 4.39 Å². The second-order valence-electron chi connectivity index (χ2n) is 3.31. The SMILES string of the molecule is CC(C)Nc1ccc(F)c(CN)c1. The van der Waals surface area contributed by atoms with Gasteiger partial charge in [-0.15, -0.1) is 0 Å². The Hall–Kier alpha value is -1.09. The molecule has 3 N–H and O–H groups in total. The van der Waals surface area contributed by atoms with Crippen LogP contribution in [0, 0.1) is 5.82 Å². The van der Waals surface area contributed by atoms with Crippen molar-refractivity contribution in [3.63, 3.8) is 0 Å². The lowest BCUT2D eigenvalue weighted by molar-refractivity contribution is 0.610. The van der Waals surface area contributed by atoms with Gasteiger partial charge in [-0.25, -0.2) is 4.39 Å². The van der Waals surface area contributed by atoms with Crippen molar-refractivity contribution in [1.29, 1.82) is 0 Å². The maximum Gasteiger partial charge on any atom is 0.127 e. The highest BCUT2D eigenvalue weighted by Crippen LogP contribution is 2.14. The molecule has 0 spiro atoms. The molecule has 0 heterocycles. The summed E-state index contributed by atoms with van der Waals surface area (Å²) in [7, 11) is 0. The van der Waals surface area contributed by atoms with E-state index < -0.39 is 0 Å². The minimum absolute atomic E-state index is 0.236. The average molecular weight is 182 g/mol. The molecule has 0 aromatic heterocycles. The third-order valence-electron chi connectivity index (χ3n) is 1.72. The quantitative estimate of drug-likeness (QED) is 0.751. The van der Waals surface area contributed by atoms with E-state index in [1.165, 1.54) is 6.07 Å². The molecule has 1 aromatic rings. The molecule has 0 radical (unpaired) electrons. The normalized spacial score (nSPS) is 10.5. The largest absolute Gasteiger partial charge is 0.383 e. The number of rotatable bonds is 3. The summed E-state index contributed by atoms with van der Waals surface area (Å²) in [5.74, 6) is -0.239. The van der Waals surface area contributed by atoms with E-state index in [0.29, 0.717) is 11.6 Å². The van der Waals surface area contributed by atoms with Crippen LogP contribution < -0.4 is 11.1 Å². The molecule has 0 aliphatic carbocycles. The van der Waals surface area contributed by atoms with Crippen LogP contribution in [0.5, 0.6) is 0 Å². The lowest BCUT2D eigenvalue weighted by atomic mass is 10.2. The topological polar surface area (TPSA) is 38.0 Å². The Labute approximate surface area is 77.9 Å². The van der Waals surface area contributed by atoms with Crippen molar-refractivity contribution in [1.82, 2.24) is 0 Å². The number of hydrogen-bond acceptors (Lipinski definition) is 2. The van der Waals surface area contributed by atoms with Gasteiger partial charge >= 0.3 is 0 Å². The van der Waals surface area contributed by atoms with Gasteiger partial charge in [0.15, 0.2) is 0 Å². The first-order valence-corrected chi connectivity index (χ1v) is 4.38. The highest BCUT2D eigenvalue weighted by Gasteiger charge is 2.01. The maximum atomic E-state index is 13.0. The van der Waals surface area contributed by atoms with E-state index in [0.717, 1.165) is 5.69 Å². The number of benzene rings is 1. The van der Waals surface area contributed by atoms with E-state index >= 15 is 0 Å². The van der Waals surface area contributed by atoms with Crippen molar-refractivity contribution in [2.75, 3.05) is 5.32 Å². The fraction of sp³-hybridized carbons (Fsp3) is 0.400. The van der Waals surface area contributed by atoms with Crippen molar-refractivity contribution >= 4 is 5.69 Å². The van der Waals surface area contributed by atoms with Crippen LogP contribution >= 0.6 is 0 Å². The molecule has 13 heavy (non-hydrogen) atoms. The number of nitrogens with two attached hydrogens (primary N) is 1. The number of nitrogens with one attached hydrogen (secondary N) is 1. The first-order chi connectivity index (χ1) is 6.13. The molecule has 0 bridgehead atoms. The van der Waals surface area contributed by atoms with Gasteiger partial charge in [0, 0.05) is 23.8 Å². The number of hydrogen-bond donors (Lipinski definition) is 2. The van der Waals surface area contributed by atoms with Gasteiger partial charge in [0.2, 0.25) is 0 Å². The minimum Gasteiger partial charge on any atom is -0.383 e. The molecule has 0 atom stereocenters. The zero-order chi connectivity index (χ0) is 9.84. The summed E-state index contributed by atoms with van der Waals surface area (Å²) in [4.78, 5) is 0. The van der Waals surface area contributed by atoms with Gasteiger partial charge in [-0.05, 0) is 32.0 Å². The van der Waals surface area contributed by atoms with Crippen molar-refractivity contribution in [2.24, 2.45) is 5.73 Å². The van der Waals surface area contributed by atoms with Crippen LogP contribution in [0.2, 0.25) is 0 Å². The molecule has 0 aliphatic rings. The third kappa shape index (κ3) is 2.70. The first kappa shape index (κ1) is 9.99. The monoisotopic (exact) mass is 182 g/mol. The fourth-order valence-electron chi connectivity index (χ4n) is 1.15. The summed E-state index contributed by atoms with van der Waals surface area (Å²) in [6, 6.07) is 5.24. The lowest BCUT2D eigenvalue weighted by Crippen LogP contribution is -2.10. The summed E-state index contributed by atoms with van der Waals surface area (Å²) in [5, 5.41) is 3.18. The van der Waals surface area contributed by atoms with Crippen LogP contribution in [0.1, 0.15) is 19.4 Å². The molecular weight excluding hydrogens is 167 g/mol. The van der Waals surface area contributed by atoms with E-state index in [-0.39, 0.29) is 12.4 Å². The van der Waals surface area contributed by atoms with Gasteiger partial charge in [0.05, 0.1) is 0 Å². The standard InChI is InChI=1S/C10H15FN2/c1-7(2)13-9-3-4-10(11)8(5-9)6-12/h3-5,7,13H,6,12H2,1-2H3. The van der Waals surface area contributed by atoms with Crippen LogP contribution in [0.3, 0.4) is 0 Å². The Kier molecular flexibility index (Phi) is 3.25. The van der Waals surface area contributed by atoms with Crippen molar-refractivity contribution in [3.05, 3.63) is 29.6 Å².